The number of halogens is 4. The first-order valence-electron chi connectivity index (χ1n) is 6.61. The summed E-state index contributed by atoms with van der Waals surface area (Å²) in [6.07, 6.45) is -7.26. The molecule has 1 aromatic rings. The molecule has 7 heteroatoms. The minimum absolute atomic E-state index is 0.0173. The molecule has 5 atom stereocenters. The van der Waals surface area contributed by atoms with Crippen LogP contribution in [-0.2, 0) is 0 Å². The van der Waals surface area contributed by atoms with Gasteiger partial charge in [0.15, 0.2) is 12.3 Å². The minimum Gasteiger partial charge on any atom is -0.291 e. The van der Waals surface area contributed by atoms with Gasteiger partial charge >= 0.3 is 0 Å². The summed E-state index contributed by atoms with van der Waals surface area (Å²) in [4.78, 5) is 11.6. The van der Waals surface area contributed by atoms with Crippen molar-refractivity contribution in [1.82, 2.24) is 9.78 Å². The number of fused-ring (bicyclic) bond motifs is 1. The molecule has 0 bridgehead atoms. The molecule has 0 N–H and O–H groups in total. The van der Waals surface area contributed by atoms with Crippen molar-refractivity contribution < 1.29 is 22.4 Å². The van der Waals surface area contributed by atoms with E-state index in [9.17, 15) is 22.4 Å². The molecule has 1 fully saturated rings. The van der Waals surface area contributed by atoms with Gasteiger partial charge in [-0.2, -0.15) is 5.10 Å². The van der Waals surface area contributed by atoms with Gasteiger partial charge in [0.05, 0.1) is 23.0 Å². The van der Waals surface area contributed by atoms with Crippen LogP contribution in [0.3, 0.4) is 0 Å². The Balaban J connectivity index is 1.99. The molecule has 0 amide bonds. The van der Waals surface area contributed by atoms with Crippen LogP contribution in [0.4, 0.5) is 17.6 Å². The lowest BCUT2D eigenvalue weighted by atomic mass is 9.92. The minimum atomic E-state index is -2.22. The summed E-state index contributed by atoms with van der Waals surface area (Å²) >= 11 is 0. The van der Waals surface area contributed by atoms with Crippen LogP contribution in [-0.4, -0.2) is 34.1 Å². The Morgan fingerprint density at radius 2 is 1.80 bits per heavy atom. The molecule has 0 aliphatic heterocycles. The summed E-state index contributed by atoms with van der Waals surface area (Å²) in [5.74, 6) is -0.910. The smallest absolute Gasteiger partial charge is 0.204 e. The van der Waals surface area contributed by atoms with Gasteiger partial charge in [-0.05, 0) is 19.8 Å². The van der Waals surface area contributed by atoms with Crippen LogP contribution in [0.5, 0.6) is 0 Å². The number of aryl methyl sites for hydroxylation is 1. The highest BCUT2D eigenvalue weighted by atomic mass is 19.2. The first-order valence-corrected chi connectivity index (χ1v) is 6.61. The molecule has 0 saturated heterocycles. The molecule has 2 aliphatic carbocycles. The average molecular weight is 290 g/mol. The molecule has 0 spiro atoms. The second-order valence-corrected chi connectivity index (χ2v) is 5.46. The number of hydrogen-bond acceptors (Lipinski definition) is 2. The maximum Gasteiger partial charge on any atom is 0.204 e. The SMILES string of the molecule is Cc1nn([C@H]2CC[C@H](F)[C@H](F)C2)c2c1C(=O)[C@H](F)[C@H]2F. The molecule has 1 aromatic heterocycles. The first-order chi connectivity index (χ1) is 9.41. The Morgan fingerprint density at radius 1 is 1.10 bits per heavy atom. The second kappa shape index (κ2) is 4.56. The van der Waals surface area contributed by atoms with E-state index in [2.05, 4.69) is 5.10 Å². The van der Waals surface area contributed by atoms with Crippen LogP contribution in [0.25, 0.3) is 0 Å². The Bertz CT molecular complexity index is 559. The topological polar surface area (TPSA) is 34.9 Å². The molecule has 3 rings (SSSR count). The van der Waals surface area contributed by atoms with E-state index in [1.807, 2.05) is 0 Å². The van der Waals surface area contributed by atoms with Crippen LogP contribution in [0, 0.1) is 6.92 Å². The van der Waals surface area contributed by atoms with E-state index in [1.165, 1.54) is 11.6 Å². The molecule has 0 radical (unpaired) electrons. The number of nitrogens with zero attached hydrogens (tertiary/aromatic N) is 2. The number of ketones is 1. The van der Waals surface area contributed by atoms with E-state index >= 15 is 0 Å². The highest BCUT2D eigenvalue weighted by Crippen LogP contribution is 2.42. The van der Waals surface area contributed by atoms with E-state index < -0.39 is 36.5 Å². The molecule has 110 valence electrons. The fourth-order valence-corrected chi connectivity index (χ4v) is 3.10. The van der Waals surface area contributed by atoms with Crippen molar-refractivity contribution >= 4 is 5.78 Å². The fourth-order valence-electron chi connectivity index (χ4n) is 3.10. The van der Waals surface area contributed by atoms with Crippen molar-refractivity contribution in [2.75, 3.05) is 0 Å². The zero-order valence-corrected chi connectivity index (χ0v) is 10.8. The molecule has 20 heavy (non-hydrogen) atoms. The third-order valence-corrected chi connectivity index (χ3v) is 4.15. The highest BCUT2D eigenvalue weighted by Gasteiger charge is 2.47. The average Bonchev–Trinajstić information content (AvgIpc) is 2.86. The summed E-state index contributed by atoms with van der Waals surface area (Å²) < 4.78 is 55.3. The zero-order valence-electron chi connectivity index (χ0n) is 10.8. The van der Waals surface area contributed by atoms with Gasteiger partial charge in [-0.15, -0.1) is 0 Å². The van der Waals surface area contributed by atoms with E-state index in [4.69, 9.17) is 0 Å². The van der Waals surface area contributed by atoms with Gasteiger partial charge in [0.2, 0.25) is 5.78 Å². The van der Waals surface area contributed by atoms with Crippen LogP contribution in [0.2, 0.25) is 0 Å². The maximum atomic E-state index is 13.9. The fraction of sp³-hybridized carbons (Fsp3) is 0.692. The van der Waals surface area contributed by atoms with Crippen LogP contribution in [0.15, 0.2) is 0 Å². The molecule has 1 heterocycles. The van der Waals surface area contributed by atoms with Crippen molar-refractivity contribution in [3.05, 3.63) is 17.0 Å². The van der Waals surface area contributed by atoms with Gasteiger partial charge in [0.1, 0.15) is 12.3 Å². The third kappa shape index (κ3) is 1.78. The first kappa shape index (κ1) is 13.6. The lowest BCUT2D eigenvalue weighted by molar-refractivity contribution is 0.0767. The largest absolute Gasteiger partial charge is 0.291 e. The van der Waals surface area contributed by atoms with Crippen LogP contribution in [0.1, 0.15) is 53.2 Å². The number of rotatable bonds is 1. The zero-order chi connectivity index (χ0) is 14.6. The Kier molecular flexibility index (Phi) is 3.10. The normalized spacial score (nSPS) is 37.2. The van der Waals surface area contributed by atoms with Crippen LogP contribution >= 0.6 is 0 Å². The monoisotopic (exact) mass is 290 g/mol. The molecule has 2 aliphatic rings. The standard InChI is InChI=1S/C13H14F4N2O/c1-5-9-12(10(16)11(17)13(9)20)19(18-5)6-2-3-7(14)8(15)4-6/h6-8,10-11H,2-4H2,1H3/t6-,7-,8+,10+,11+/m0/s1. The van der Waals surface area contributed by atoms with E-state index in [0.29, 0.717) is 6.42 Å². The van der Waals surface area contributed by atoms with Gasteiger partial charge in [-0.1, -0.05) is 0 Å². The van der Waals surface area contributed by atoms with Crippen LogP contribution < -0.4 is 0 Å². The molecular weight excluding hydrogens is 276 g/mol. The Morgan fingerprint density at radius 3 is 2.45 bits per heavy atom. The Labute approximate surface area is 113 Å². The number of aromatic nitrogens is 2. The number of carbonyl (C=O) groups excluding carboxylic acids is 1. The Hall–Kier alpha value is -1.40. The number of hydrogen-bond donors (Lipinski definition) is 0. The predicted molar refractivity (Wildman–Crippen MR) is 62.7 cm³/mol. The van der Waals surface area contributed by atoms with Crippen molar-refractivity contribution in [2.45, 2.75) is 56.9 Å². The van der Waals surface area contributed by atoms with Crippen molar-refractivity contribution in [3.8, 4) is 0 Å². The lowest BCUT2D eigenvalue weighted by Crippen LogP contribution is -2.30. The van der Waals surface area contributed by atoms with E-state index in [-0.39, 0.29) is 29.8 Å². The summed E-state index contributed by atoms with van der Waals surface area (Å²) in [7, 11) is 0. The maximum absolute atomic E-state index is 13.9. The third-order valence-electron chi connectivity index (χ3n) is 4.15. The van der Waals surface area contributed by atoms with Crippen molar-refractivity contribution in [3.63, 3.8) is 0 Å². The van der Waals surface area contributed by atoms with Gasteiger partial charge in [0, 0.05) is 6.42 Å². The highest BCUT2D eigenvalue weighted by molar-refractivity contribution is 6.05. The summed E-state index contributed by atoms with van der Waals surface area (Å²) in [5.41, 5.74) is 0.0860. The summed E-state index contributed by atoms with van der Waals surface area (Å²) in [6.45, 7) is 1.49. The van der Waals surface area contributed by atoms with Gasteiger partial charge in [-0.3, -0.25) is 9.48 Å². The predicted octanol–water partition coefficient (Wildman–Crippen LogP) is 3.14. The van der Waals surface area contributed by atoms with E-state index in [1.54, 1.807) is 0 Å². The van der Waals surface area contributed by atoms with Crippen molar-refractivity contribution in [1.29, 1.82) is 0 Å². The summed E-state index contributed by atoms with van der Waals surface area (Å²) in [5, 5.41) is 4.05. The van der Waals surface area contributed by atoms with Crippen molar-refractivity contribution in [2.24, 2.45) is 0 Å². The molecule has 0 aromatic carbocycles. The number of Topliss-reactive ketones (excluding diaryl/α,β-unsaturated/α-hetero) is 1. The molecule has 1 saturated carbocycles. The van der Waals surface area contributed by atoms with E-state index in [0.717, 1.165) is 0 Å². The van der Waals surface area contributed by atoms with Gasteiger partial charge in [0.25, 0.3) is 0 Å². The summed E-state index contributed by atoms with van der Waals surface area (Å²) in [6, 6.07) is -0.532. The van der Waals surface area contributed by atoms with Gasteiger partial charge in [-0.25, -0.2) is 17.6 Å². The quantitative estimate of drug-likeness (QED) is 0.745. The number of alkyl halides is 4. The molecular formula is C13H14F4N2O. The van der Waals surface area contributed by atoms with Gasteiger partial charge < -0.3 is 0 Å². The molecule has 3 nitrogen and oxygen atoms in total. The lowest BCUT2D eigenvalue weighted by Gasteiger charge is -2.28. The number of carbonyl (C=O) groups is 1. The second-order valence-electron chi connectivity index (χ2n) is 5.46. The molecule has 0 unspecified atom stereocenters.